The first-order valence-electron chi connectivity index (χ1n) is 21.3. The van der Waals surface area contributed by atoms with Gasteiger partial charge < -0.3 is 29.6 Å². The first-order chi connectivity index (χ1) is 30.2. The number of hydrogen-bond donors (Lipinski definition) is 2. The highest BCUT2D eigenvalue weighted by atomic mass is 19.4. The molecule has 5 heterocycles. The van der Waals surface area contributed by atoms with Crippen molar-refractivity contribution in [2.24, 2.45) is 5.41 Å². The minimum Gasteiger partial charge on any atom is -0.455 e. The fourth-order valence-corrected chi connectivity index (χ4v) is 8.10. The number of carbonyl (C=O) groups is 3. The number of rotatable bonds is 7. The van der Waals surface area contributed by atoms with E-state index in [1.807, 2.05) is 50.3 Å². The molecule has 1 amide bonds. The highest BCUT2D eigenvalue weighted by Gasteiger charge is 2.45. The van der Waals surface area contributed by atoms with Crippen molar-refractivity contribution < 1.29 is 45.5 Å². The zero-order valence-corrected chi connectivity index (χ0v) is 36.6. The molecule has 1 spiro atoms. The van der Waals surface area contributed by atoms with Gasteiger partial charge in [0.25, 0.3) is 5.91 Å². The molecule has 4 aliphatic rings. The Morgan fingerprint density at radius 1 is 0.968 bits per heavy atom. The number of anilines is 3. The number of aldehydes is 2. The normalized spacial score (nSPS) is 18.2. The number of aromatic nitrogens is 1. The zero-order valence-electron chi connectivity index (χ0n) is 36.6. The van der Waals surface area contributed by atoms with Gasteiger partial charge in [-0.15, -0.1) is 0 Å². The van der Waals surface area contributed by atoms with Gasteiger partial charge in [0.2, 0.25) is 0 Å². The van der Waals surface area contributed by atoms with Crippen molar-refractivity contribution in [3.05, 3.63) is 129 Å². The highest BCUT2D eigenvalue weighted by Crippen LogP contribution is 2.43. The van der Waals surface area contributed by atoms with Gasteiger partial charge in [0.15, 0.2) is 12.0 Å². The van der Waals surface area contributed by atoms with Crippen molar-refractivity contribution >= 4 is 35.7 Å². The molecule has 2 saturated heterocycles. The lowest BCUT2D eigenvalue weighted by Gasteiger charge is -2.53. The second-order valence-electron chi connectivity index (χ2n) is 15.7. The van der Waals surface area contributed by atoms with E-state index in [0.29, 0.717) is 47.0 Å². The predicted molar refractivity (Wildman–Crippen MR) is 235 cm³/mol. The van der Waals surface area contributed by atoms with Gasteiger partial charge in [-0.1, -0.05) is 26.0 Å². The molecule has 0 radical (unpaired) electrons. The van der Waals surface area contributed by atoms with Gasteiger partial charge >= 0.3 is 6.18 Å². The van der Waals surface area contributed by atoms with Crippen molar-refractivity contribution in [1.82, 2.24) is 9.88 Å². The topological polar surface area (TPSA) is 117 Å². The predicted octanol–water partition coefficient (Wildman–Crippen LogP) is 10.6. The van der Waals surface area contributed by atoms with E-state index in [-0.39, 0.29) is 5.76 Å². The molecular weight excluding hydrogens is 822 g/mol. The Balaban J connectivity index is 0.000000198. The Labute approximate surface area is 365 Å². The second kappa shape index (κ2) is 21.5. The standard InChI is InChI=1S/C22H21F5N2O2.C16H20N2O2.C8H9NO.C2H6/c1-4-14(23)11-17-12(2)20-13(8-9-29(17)3)10-18(31-20)21(30)28-19-15(22(25,26)27)6-5-7-16(19)24;19-9-13-8-12-2-1-3-14(12)17-15(13)18-10-16(11-18)4-6-20-7-5-16;1-9-8-4-2-7(6-10)3-5-8;1-2/h4-7,10-12H,8-9H2,1-3H3,(H,28,30);8-9H,1-7,10-11H2;2-6,9H,1H3;1-2H3/b14-4+,17-11+;;;. The molecule has 2 N–H and O–H groups in total. The summed E-state index contributed by atoms with van der Waals surface area (Å²) in [4.78, 5) is 43.1. The molecule has 4 aromatic rings. The number of benzene rings is 2. The molecule has 3 aliphatic heterocycles. The first-order valence-corrected chi connectivity index (χ1v) is 21.3. The maximum absolute atomic E-state index is 14.0. The van der Waals surface area contributed by atoms with Gasteiger partial charge in [0.1, 0.15) is 29.5 Å². The lowest BCUT2D eigenvalue weighted by molar-refractivity contribution is -0.137. The number of hydrogen-bond acceptors (Lipinski definition) is 9. The number of amides is 1. The number of pyridine rings is 1. The van der Waals surface area contributed by atoms with E-state index in [4.69, 9.17) is 14.1 Å². The summed E-state index contributed by atoms with van der Waals surface area (Å²) in [5.41, 5.74) is 4.44. The Morgan fingerprint density at radius 3 is 2.29 bits per heavy atom. The van der Waals surface area contributed by atoms with Crippen molar-refractivity contribution in [3.63, 3.8) is 0 Å². The van der Waals surface area contributed by atoms with Crippen LogP contribution in [-0.2, 0) is 30.2 Å². The van der Waals surface area contributed by atoms with Gasteiger partial charge in [-0.05, 0) is 118 Å². The van der Waals surface area contributed by atoms with Gasteiger partial charge in [0.05, 0.1) is 22.7 Å². The molecule has 63 heavy (non-hydrogen) atoms. The number of nitrogens with zero attached hydrogens (tertiary/aromatic N) is 3. The molecule has 2 fully saturated rings. The fraction of sp³-hybridized carbons (Fsp3) is 0.417. The minimum atomic E-state index is -4.85. The van der Waals surface area contributed by atoms with Crippen LogP contribution in [0.1, 0.15) is 112 Å². The van der Waals surface area contributed by atoms with Crippen LogP contribution in [0.3, 0.4) is 0 Å². The number of halogens is 5. The molecule has 15 heteroatoms. The van der Waals surface area contributed by atoms with E-state index in [2.05, 4.69) is 16.3 Å². The van der Waals surface area contributed by atoms with E-state index in [1.54, 1.807) is 26.0 Å². The van der Waals surface area contributed by atoms with E-state index < -0.39 is 40.9 Å². The number of carbonyl (C=O) groups excluding carboxylic acids is 3. The van der Waals surface area contributed by atoms with Crippen LogP contribution in [0, 0.1) is 11.2 Å². The molecule has 1 unspecified atom stereocenters. The van der Waals surface area contributed by atoms with E-state index in [9.17, 15) is 36.3 Å². The van der Waals surface area contributed by atoms with Gasteiger partial charge in [-0.2, -0.15) is 13.2 Å². The quantitative estimate of drug-likeness (QED) is 0.138. The van der Waals surface area contributed by atoms with Crippen LogP contribution in [0.2, 0.25) is 0 Å². The Hall–Kier alpha value is -5.83. The molecular formula is C48H56F5N5O5. The number of aryl methyl sites for hydroxylation is 2. The summed E-state index contributed by atoms with van der Waals surface area (Å²) in [7, 11) is 3.65. The number of ether oxygens (including phenoxy) is 1. The molecule has 0 bridgehead atoms. The molecule has 2 aromatic heterocycles. The molecule has 1 atom stereocenters. The van der Waals surface area contributed by atoms with E-state index >= 15 is 0 Å². The summed E-state index contributed by atoms with van der Waals surface area (Å²) >= 11 is 0. The molecule has 338 valence electrons. The summed E-state index contributed by atoms with van der Waals surface area (Å²) in [6.45, 7) is 11.7. The van der Waals surface area contributed by atoms with Crippen LogP contribution in [0.25, 0.3) is 0 Å². The van der Waals surface area contributed by atoms with Crippen LogP contribution in [0.15, 0.2) is 82.7 Å². The maximum atomic E-state index is 14.0. The molecule has 0 saturated carbocycles. The number of nitrogens with one attached hydrogen (secondary N) is 2. The summed E-state index contributed by atoms with van der Waals surface area (Å²) < 4.78 is 78.6. The number of furan rings is 1. The van der Waals surface area contributed by atoms with Crippen LogP contribution in [-0.4, -0.2) is 75.3 Å². The lowest BCUT2D eigenvalue weighted by atomic mass is 9.73. The van der Waals surface area contributed by atoms with Gasteiger partial charge in [0, 0.05) is 75.0 Å². The van der Waals surface area contributed by atoms with Crippen molar-refractivity contribution in [1.29, 1.82) is 0 Å². The number of fused-ring (bicyclic) bond motifs is 2. The summed E-state index contributed by atoms with van der Waals surface area (Å²) in [6.07, 6.45) is 5.72. The number of alkyl halides is 3. The summed E-state index contributed by atoms with van der Waals surface area (Å²) in [5.74, 6) is -1.97. The summed E-state index contributed by atoms with van der Waals surface area (Å²) in [6, 6.07) is 13.2. The Kier molecular flexibility index (Phi) is 16.5. The first kappa shape index (κ1) is 48.2. The number of para-hydroxylation sites is 1. The smallest absolute Gasteiger partial charge is 0.418 e. The van der Waals surface area contributed by atoms with Crippen LogP contribution in [0.4, 0.5) is 39.1 Å². The average Bonchev–Trinajstić information content (AvgIpc) is 3.92. The van der Waals surface area contributed by atoms with E-state index in [1.165, 1.54) is 35.9 Å². The summed E-state index contributed by atoms with van der Waals surface area (Å²) in [5, 5.41) is 4.94. The maximum Gasteiger partial charge on any atom is 0.418 e. The fourth-order valence-electron chi connectivity index (χ4n) is 8.10. The van der Waals surface area contributed by atoms with Crippen LogP contribution in [0.5, 0.6) is 0 Å². The molecule has 2 aromatic carbocycles. The van der Waals surface area contributed by atoms with Gasteiger partial charge in [-0.3, -0.25) is 14.4 Å². The van der Waals surface area contributed by atoms with Crippen LogP contribution < -0.4 is 15.5 Å². The monoisotopic (exact) mass is 877 g/mol. The third-order valence-corrected chi connectivity index (χ3v) is 11.6. The van der Waals surface area contributed by atoms with Crippen molar-refractivity contribution in [2.45, 2.75) is 78.3 Å². The average molecular weight is 878 g/mol. The minimum absolute atomic E-state index is 0.247. The van der Waals surface area contributed by atoms with Crippen LogP contribution >= 0.6 is 0 Å². The third kappa shape index (κ3) is 11.6. The van der Waals surface area contributed by atoms with Gasteiger partial charge in [-0.25, -0.2) is 13.8 Å². The number of likely N-dealkylation sites (N-methyl/N-ethyl adjacent to an activating group) is 1. The van der Waals surface area contributed by atoms with Crippen molar-refractivity contribution in [3.8, 4) is 0 Å². The second-order valence-corrected chi connectivity index (χ2v) is 15.7. The molecule has 10 nitrogen and oxygen atoms in total. The third-order valence-electron chi connectivity index (χ3n) is 11.6. The molecule has 1 aliphatic carbocycles. The Morgan fingerprint density at radius 2 is 1.67 bits per heavy atom. The largest absolute Gasteiger partial charge is 0.455 e. The molecule has 8 rings (SSSR count). The zero-order chi connectivity index (χ0) is 45.9. The highest BCUT2D eigenvalue weighted by molar-refractivity contribution is 6.03. The lowest BCUT2D eigenvalue weighted by Crippen LogP contribution is -2.59. The van der Waals surface area contributed by atoms with Crippen molar-refractivity contribution in [2.75, 3.05) is 62.5 Å². The number of allylic oxidation sites excluding steroid dienone is 4. The Bertz CT molecular complexity index is 2270. The SMILES string of the molecule is C/C=C(F)\C=C1/C(C)c2oc(C(=O)Nc3c(F)cccc3C(F)(F)F)cc2CCN1C.CC.CNc1ccc(C=O)cc1.O=Cc1cc2c(nc1N1CC3(CCOCC3)C1)CCC2. The van der Waals surface area contributed by atoms with E-state index in [0.717, 1.165) is 93.8 Å².